The third kappa shape index (κ3) is 3.71. The highest BCUT2D eigenvalue weighted by Crippen LogP contribution is 2.13. The number of hydrogen-bond donors (Lipinski definition) is 1. The molecule has 2 aromatic carbocycles. The number of benzene rings is 2. The second-order valence-electron chi connectivity index (χ2n) is 4.74. The molecule has 5 nitrogen and oxygen atoms in total. The minimum absolute atomic E-state index is 0.169. The van der Waals surface area contributed by atoms with Crippen LogP contribution in [-0.4, -0.2) is 35.3 Å². The van der Waals surface area contributed by atoms with Crippen LogP contribution in [0.25, 0.3) is 0 Å². The van der Waals surface area contributed by atoms with E-state index in [2.05, 4.69) is 0 Å². The Balaban J connectivity index is 2.21. The number of esters is 1. The molecule has 1 atom stereocenters. The first-order valence-electron chi connectivity index (χ1n) is 6.82. The average molecular weight is 299 g/mol. The van der Waals surface area contributed by atoms with Crippen LogP contribution in [0.15, 0.2) is 60.7 Å². The smallest absolute Gasteiger partial charge is 0.331 e. The summed E-state index contributed by atoms with van der Waals surface area (Å²) in [7, 11) is 1.22. The molecule has 0 saturated carbocycles. The van der Waals surface area contributed by atoms with Gasteiger partial charge in [-0.1, -0.05) is 48.5 Å². The molecule has 0 heterocycles. The highest BCUT2D eigenvalue weighted by molar-refractivity contribution is 5.95. The summed E-state index contributed by atoms with van der Waals surface area (Å²) in [5.74, 6) is -1.32. The molecule has 1 unspecified atom stereocenters. The second-order valence-corrected chi connectivity index (χ2v) is 4.74. The van der Waals surface area contributed by atoms with Crippen molar-refractivity contribution in [1.82, 2.24) is 5.06 Å². The Morgan fingerprint density at radius 3 is 2.14 bits per heavy atom. The fourth-order valence-electron chi connectivity index (χ4n) is 2.10. The van der Waals surface area contributed by atoms with E-state index in [-0.39, 0.29) is 6.42 Å². The molecule has 0 aromatic heterocycles. The summed E-state index contributed by atoms with van der Waals surface area (Å²) < 4.78 is 4.70. The number of carbonyl (C=O) groups is 2. The Hall–Kier alpha value is -2.66. The highest BCUT2D eigenvalue weighted by atomic mass is 16.5. The van der Waals surface area contributed by atoms with Crippen LogP contribution in [0.2, 0.25) is 0 Å². The Labute approximate surface area is 128 Å². The monoisotopic (exact) mass is 299 g/mol. The molecule has 114 valence electrons. The quantitative estimate of drug-likeness (QED) is 0.522. The molecule has 22 heavy (non-hydrogen) atoms. The van der Waals surface area contributed by atoms with E-state index in [1.165, 1.54) is 7.11 Å². The maximum atomic E-state index is 12.3. The fraction of sp³-hybridized carbons (Fsp3) is 0.176. The molecular formula is C17H17NO4. The summed E-state index contributed by atoms with van der Waals surface area (Å²) >= 11 is 0. The van der Waals surface area contributed by atoms with Gasteiger partial charge >= 0.3 is 5.97 Å². The molecule has 0 spiro atoms. The third-order valence-electron chi connectivity index (χ3n) is 3.27. The van der Waals surface area contributed by atoms with Gasteiger partial charge < -0.3 is 4.74 Å². The molecule has 1 N–H and O–H groups in total. The van der Waals surface area contributed by atoms with E-state index in [0.29, 0.717) is 10.6 Å². The molecule has 2 aromatic rings. The van der Waals surface area contributed by atoms with Gasteiger partial charge in [-0.3, -0.25) is 10.0 Å². The Bertz CT molecular complexity index is 628. The predicted octanol–water partition coefficient (Wildman–Crippen LogP) is 2.30. The second kappa shape index (κ2) is 7.38. The minimum Gasteiger partial charge on any atom is -0.467 e. The zero-order valence-corrected chi connectivity index (χ0v) is 12.2. The van der Waals surface area contributed by atoms with Gasteiger partial charge in [0.25, 0.3) is 5.91 Å². The van der Waals surface area contributed by atoms with E-state index in [1.54, 1.807) is 30.3 Å². The fourth-order valence-corrected chi connectivity index (χ4v) is 2.10. The number of rotatable bonds is 5. The predicted molar refractivity (Wildman–Crippen MR) is 80.3 cm³/mol. The first-order chi connectivity index (χ1) is 10.6. The molecule has 2 rings (SSSR count). The molecule has 0 aliphatic rings. The van der Waals surface area contributed by atoms with Crippen molar-refractivity contribution in [3.63, 3.8) is 0 Å². The summed E-state index contributed by atoms with van der Waals surface area (Å²) in [6.07, 6.45) is 0.169. The van der Waals surface area contributed by atoms with Crippen LogP contribution in [0.4, 0.5) is 0 Å². The normalized spacial score (nSPS) is 11.5. The molecule has 0 bridgehead atoms. The summed E-state index contributed by atoms with van der Waals surface area (Å²) in [4.78, 5) is 24.2. The van der Waals surface area contributed by atoms with Crippen molar-refractivity contribution in [3.05, 3.63) is 71.8 Å². The van der Waals surface area contributed by atoms with Crippen molar-refractivity contribution < 1.29 is 19.5 Å². The number of amides is 1. The maximum absolute atomic E-state index is 12.3. The van der Waals surface area contributed by atoms with Crippen LogP contribution < -0.4 is 0 Å². The van der Waals surface area contributed by atoms with E-state index >= 15 is 0 Å². The van der Waals surface area contributed by atoms with Gasteiger partial charge in [-0.2, -0.15) is 0 Å². The van der Waals surface area contributed by atoms with E-state index in [1.807, 2.05) is 30.3 Å². The van der Waals surface area contributed by atoms with Crippen molar-refractivity contribution in [1.29, 1.82) is 0 Å². The summed E-state index contributed by atoms with van der Waals surface area (Å²) in [5.41, 5.74) is 1.12. The highest BCUT2D eigenvalue weighted by Gasteiger charge is 2.30. The van der Waals surface area contributed by atoms with Crippen LogP contribution >= 0.6 is 0 Å². The van der Waals surface area contributed by atoms with Crippen LogP contribution in [0.1, 0.15) is 15.9 Å². The number of nitrogens with zero attached hydrogens (tertiary/aromatic N) is 1. The van der Waals surface area contributed by atoms with Gasteiger partial charge in [-0.05, 0) is 17.7 Å². The van der Waals surface area contributed by atoms with E-state index in [0.717, 1.165) is 5.56 Å². The van der Waals surface area contributed by atoms with Gasteiger partial charge in [-0.15, -0.1) is 0 Å². The van der Waals surface area contributed by atoms with Gasteiger partial charge in [0, 0.05) is 12.0 Å². The van der Waals surface area contributed by atoms with Crippen LogP contribution in [0.5, 0.6) is 0 Å². The first-order valence-corrected chi connectivity index (χ1v) is 6.82. The Kier molecular flexibility index (Phi) is 5.27. The molecule has 5 heteroatoms. The van der Waals surface area contributed by atoms with Crippen molar-refractivity contribution in [2.24, 2.45) is 0 Å². The number of hydrogen-bond acceptors (Lipinski definition) is 4. The van der Waals surface area contributed by atoms with E-state index in [4.69, 9.17) is 4.74 Å². The van der Waals surface area contributed by atoms with Gasteiger partial charge in [0.2, 0.25) is 0 Å². The molecule has 1 amide bonds. The minimum atomic E-state index is -1.10. The standard InChI is InChI=1S/C17H17NO4/c1-22-17(20)15(12-13-8-4-2-5-9-13)18(21)16(19)14-10-6-3-7-11-14/h2-11,15,21H,12H2,1H3. The summed E-state index contributed by atoms with van der Waals surface area (Å²) in [5, 5.41) is 10.6. The summed E-state index contributed by atoms with van der Waals surface area (Å²) in [6.45, 7) is 0. The van der Waals surface area contributed by atoms with Crippen molar-refractivity contribution in [2.45, 2.75) is 12.5 Å². The lowest BCUT2D eigenvalue weighted by Gasteiger charge is -2.24. The summed E-state index contributed by atoms with van der Waals surface area (Å²) in [6, 6.07) is 16.3. The lowest BCUT2D eigenvalue weighted by molar-refractivity contribution is -0.161. The van der Waals surface area contributed by atoms with Gasteiger partial charge in [0.1, 0.15) is 0 Å². The van der Waals surface area contributed by atoms with Crippen molar-refractivity contribution in [2.75, 3.05) is 7.11 Å². The van der Waals surface area contributed by atoms with Gasteiger partial charge in [-0.25, -0.2) is 9.86 Å². The average Bonchev–Trinajstić information content (AvgIpc) is 2.59. The molecule has 0 fully saturated rings. The lowest BCUT2D eigenvalue weighted by Crippen LogP contribution is -2.45. The van der Waals surface area contributed by atoms with Crippen molar-refractivity contribution in [3.8, 4) is 0 Å². The first kappa shape index (κ1) is 15.7. The van der Waals surface area contributed by atoms with Gasteiger partial charge in [0.05, 0.1) is 7.11 Å². The van der Waals surface area contributed by atoms with Crippen LogP contribution in [0, 0.1) is 0 Å². The molecule has 0 saturated heterocycles. The van der Waals surface area contributed by atoms with Crippen LogP contribution in [-0.2, 0) is 16.0 Å². The van der Waals surface area contributed by atoms with Crippen LogP contribution in [0.3, 0.4) is 0 Å². The van der Waals surface area contributed by atoms with Gasteiger partial charge in [0.15, 0.2) is 6.04 Å². The lowest BCUT2D eigenvalue weighted by atomic mass is 10.0. The van der Waals surface area contributed by atoms with E-state index in [9.17, 15) is 14.8 Å². The zero-order chi connectivity index (χ0) is 15.9. The SMILES string of the molecule is COC(=O)C(Cc1ccccc1)N(O)C(=O)c1ccccc1. The number of carbonyl (C=O) groups excluding carboxylic acids is 2. The molecule has 0 aliphatic carbocycles. The molecule has 0 radical (unpaired) electrons. The zero-order valence-electron chi connectivity index (χ0n) is 12.2. The topological polar surface area (TPSA) is 66.8 Å². The third-order valence-corrected chi connectivity index (χ3v) is 3.27. The maximum Gasteiger partial charge on any atom is 0.331 e. The molecular weight excluding hydrogens is 282 g/mol. The Morgan fingerprint density at radius 1 is 1.05 bits per heavy atom. The molecule has 0 aliphatic heterocycles. The van der Waals surface area contributed by atoms with E-state index < -0.39 is 17.9 Å². The Morgan fingerprint density at radius 2 is 1.59 bits per heavy atom. The number of methoxy groups -OCH3 is 1. The largest absolute Gasteiger partial charge is 0.467 e. The number of hydroxylamine groups is 2. The van der Waals surface area contributed by atoms with Crippen molar-refractivity contribution >= 4 is 11.9 Å². The number of ether oxygens (including phenoxy) is 1.